The van der Waals surface area contributed by atoms with Gasteiger partial charge in [0.05, 0.1) is 12.1 Å². The van der Waals surface area contributed by atoms with E-state index in [1.165, 1.54) is 0 Å². The van der Waals surface area contributed by atoms with Crippen LogP contribution in [0.1, 0.15) is 26.7 Å². The number of hydrogen-bond acceptors (Lipinski definition) is 2. The smallest absolute Gasteiger partial charge is 0.0991 e. The van der Waals surface area contributed by atoms with E-state index in [0.29, 0.717) is 0 Å². The second-order valence-electron chi connectivity index (χ2n) is 1.97. The summed E-state index contributed by atoms with van der Waals surface area (Å²) in [5.74, 6) is 1.14. The predicted octanol–water partition coefficient (Wildman–Crippen LogP) is 1.23. The Labute approximate surface area is 56.7 Å². The lowest BCUT2D eigenvalue weighted by Crippen LogP contribution is -2.25. The van der Waals surface area contributed by atoms with Crippen LogP contribution in [-0.4, -0.2) is 6.04 Å². The molecule has 0 fully saturated rings. The van der Waals surface area contributed by atoms with Crippen LogP contribution in [0.15, 0.2) is 0 Å². The van der Waals surface area contributed by atoms with Crippen LogP contribution in [0.3, 0.4) is 0 Å². The highest BCUT2D eigenvalue weighted by Crippen LogP contribution is 2.12. The van der Waals surface area contributed by atoms with Crippen LogP contribution < -0.4 is 5.73 Å². The minimum atomic E-state index is -0.347. The lowest BCUT2D eigenvalue weighted by molar-refractivity contribution is 0.696. The summed E-state index contributed by atoms with van der Waals surface area (Å²) in [6, 6.07) is 1.66. The van der Waals surface area contributed by atoms with Gasteiger partial charge in [-0.3, -0.25) is 0 Å². The van der Waals surface area contributed by atoms with Gasteiger partial charge in [-0.2, -0.15) is 5.26 Å². The van der Waals surface area contributed by atoms with Crippen LogP contribution in [0.4, 0.5) is 0 Å². The molecule has 1 radical (unpaired) electrons. The third-order valence-electron chi connectivity index (χ3n) is 1.49. The molecule has 0 bridgehead atoms. The van der Waals surface area contributed by atoms with E-state index in [2.05, 4.69) is 0 Å². The van der Waals surface area contributed by atoms with E-state index in [-0.39, 0.29) is 6.04 Å². The standard InChI is InChI=1S/C7H13N2/c1-3-6(4-2)7(9)5-8/h7H,3-4,9H2,1-2H3. The van der Waals surface area contributed by atoms with Crippen molar-refractivity contribution in [1.29, 1.82) is 5.26 Å². The van der Waals surface area contributed by atoms with Gasteiger partial charge < -0.3 is 5.73 Å². The first-order valence-electron chi connectivity index (χ1n) is 3.26. The first-order valence-corrected chi connectivity index (χ1v) is 3.26. The Morgan fingerprint density at radius 3 is 2.11 bits per heavy atom. The minimum Gasteiger partial charge on any atom is -0.315 e. The van der Waals surface area contributed by atoms with Crippen molar-refractivity contribution < 1.29 is 0 Å². The van der Waals surface area contributed by atoms with Gasteiger partial charge in [-0.25, -0.2) is 0 Å². The summed E-state index contributed by atoms with van der Waals surface area (Å²) < 4.78 is 0. The van der Waals surface area contributed by atoms with Crippen molar-refractivity contribution in [2.75, 3.05) is 0 Å². The first-order chi connectivity index (χ1) is 4.26. The van der Waals surface area contributed by atoms with Crippen LogP contribution in [-0.2, 0) is 0 Å². The normalized spacial score (nSPS) is 13.2. The van der Waals surface area contributed by atoms with Crippen LogP contribution in [0, 0.1) is 17.2 Å². The number of hydrogen-bond donors (Lipinski definition) is 1. The number of rotatable bonds is 3. The summed E-state index contributed by atoms with van der Waals surface area (Å²) in [4.78, 5) is 0. The Morgan fingerprint density at radius 2 is 2.00 bits per heavy atom. The van der Waals surface area contributed by atoms with Gasteiger partial charge in [0.15, 0.2) is 0 Å². The molecule has 0 aliphatic carbocycles. The molecule has 0 rings (SSSR count). The van der Waals surface area contributed by atoms with E-state index in [1.807, 2.05) is 19.9 Å². The molecule has 0 aromatic rings. The lowest BCUT2D eigenvalue weighted by Gasteiger charge is -2.11. The van der Waals surface area contributed by atoms with E-state index in [0.717, 1.165) is 18.8 Å². The molecule has 1 atom stereocenters. The van der Waals surface area contributed by atoms with E-state index < -0.39 is 0 Å². The molecule has 0 aromatic carbocycles. The SMILES string of the molecule is CC[C](CC)C(N)C#N. The van der Waals surface area contributed by atoms with Crippen molar-refractivity contribution in [3.8, 4) is 6.07 Å². The zero-order chi connectivity index (χ0) is 7.28. The van der Waals surface area contributed by atoms with Gasteiger partial charge in [0.2, 0.25) is 0 Å². The van der Waals surface area contributed by atoms with Gasteiger partial charge in [0, 0.05) is 5.92 Å². The third kappa shape index (κ3) is 2.48. The fraction of sp³-hybridized carbons (Fsp3) is 0.714. The highest BCUT2D eigenvalue weighted by Gasteiger charge is 2.12. The Morgan fingerprint density at radius 1 is 1.56 bits per heavy atom. The van der Waals surface area contributed by atoms with E-state index in [4.69, 9.17) is 11.0 Å². The molecule has 0 saturated carbocycles. The number of nitrogens with two attached hydrogens (primary N) is 1. The molecule has 51 valence electrons. The summed E-state index contributed by atoms with van der Waals surface area (Å²) in [7, 11) is 0. The highest BCUT2D eigenvalue weighted by molar-refractivity contribution is 5.08. The zero-order valence-electron chi connectivity index (χ0n) is 6.02. The Bertz CT molecular complexity index is 100.0. The van der Waals surface area contributed by atoms with Crippen LogP contribution >= 0.6 is 0 Å². The van der Waals surface area contributed by atoms with Crippen LogP contribution in [0.5, 0.6) is 0 Å². The molecule has 0 saturated heterocycles. The maximum Gasteiger partial charge on any atom is 0.0991 e. The quantitative estimate of drug-likeness (QED) is 0.616. The van der Waals surface area contributed by atoms with Crippen molar-refractivity contribution in [1.82, 2.24) is 0 Å². The van der Waals surface area contributed by atoms with Gasteiger partial charge in [0.1, 0.15) is 0 Å². The van der Waals surface area contributed by atoms with E-state index in [9.17, 15) is 0 Å². The largest absolute Gasteiger partial charge is 0.315 e. The zero-order valence-corrected chi connectivity index (χ0v) is 6.02. The van der Waals surface area contributed by atoms with Crippen LogP contribution in [0.25, 0.3) is 0 Å². The average molecular weight is 125 g/mol. The van der Waals surface area contributed by atoms with Crippen molar-refractivity contribution in [3.63, 3.8) is 0 Å². The second kappa shape index (κ2) is 4.34. The number of nitriles is 1. The molecule has 0 amide bonds. The molecular formula is C7H13N2. The topological polar surface area (TPSA) is 49.8 Å². The van der Waals surface area contributed by atoms with Crippen molar-refractivity contribution in [2.24, 2.45) is 5.73 Å². The molecule has 0 heterocycles. The molecule has 2 heteroatoms. The fourth-order valence-corrected chi connectivity index (χ4v) is 0.781. The molecule has 2 N–H and O–H groups in total. The minimum absolute atomic E-state index is 0.347. The monoisotopic (exact) mass is 125 g/mol. The van der Waals surface area contributed by atoms with Gasteiger partial charge in [0.25, 0.3) is 0 Å². The first kappa shape index (κ1) is 8.45. The molecular weight excluding hydrogens is 112 g/mol. The molecule has 9 heavy (non-hydrogen) atoms. The number of nitrogens with zero attached hydrogens (tertiary/aromatic N) is 1. The summed E-state index contributed by atoms with van der Waals surface area (Å²) in [6.07, 6.45) is 1.84. The molecule has 0 aromatic heterocycles. The third-order valence-corrected chi connectivity index (χ3v) is 1.49. The van der Waals surface area contributed by atoms with Gasteiger partial charge in [-0.15, -0.1) is 0 Å². The van der Waals surface area contributed by atoms with Gasteiger partial charge in [-0.05, 0) is 12.8 Å². The van der Waals surface area contributed by atoms with Crippen molar-refractivity contribution in [3.05, 3.63) is 5.92 Å². The second-order valence-corrected chi connectivity index (χ2v) is 1.97. The van der Waals surface area contributed by atoms with E-state index >= 15 is 0 Å². The molecule has 0 aliphatic heterocycles. The summed E-state index contributed by atoms with van der Waals surface area (Å²) in [5, 5.41) is 8.37. The van der Waals surface area contributed by atoms with Crippen molar-refractivity contribution >= 4 is 0 Å². The molecule has 0 spiro atoms. The van der Waals surface area contributed by atoms with Gasteiger partial charge in [-0.1, -0.05) is 13.8 Å². The Balaban J connectivity index is 3.67. The lowest BCUT2D eigenvalue weighted by atomic mass is 9.96. The summed E-state index contributed by atoms with van der Waals surface area (Å²) in [5.41, 5.74) is 5.44. The maximum absolute atomic E-state index is 8.37. The van der Waals surface area contributed by atoms with E-state index in [1.54, 1.807) is 0 Å². The summed E-state index contributed by atoms with van der Waals surface area (Å²) >= 11 is 0. The fourth-order valence-electron chi connectivity index (χ4n) is 0.781. The average Bonchev–Trinajstić information content (AvgIpc) is 1.90. The molecule has 1 unspecified atom stereocenters. The van der Waals surface area contributed by atoms with Crippen molar-refractivity contribution in [2.45, 2.75) is 32.7 Å². The van der Waals surface area contributed by atoms with Gasteiger partial charge >= 0.3 is 0 Å². The predicted molar refractivity (Wildman–Crippen MR) is 37.4 cm³/mol. The molecule has 0 aliphatic rings. The summed E-state index contributed by atoms with van der Waals surface area (Å²) in [6.45, 7) is 4.05. The van der Waals surface area contributed by atoms with Crippen LogP contribution in [0.2, 0.25) is 0 Å². The Kier molecular flexibility index (Phi) is 4.08. The Hall–Kier alpha value is -0.550. The highest BCUT2D eigenvalue weighted by atomic mass is 14.6. The molecule has 2 nitrogen and oxygen atoms in total. The maximum atomic E-state index is 8.37.